The number of amides is 3. The Bertz CT molecular complexity index is 1400. The number of aromatic nitrogens is 2. The highest BCUT2D eigenvalue weighted by molar-refractivity contribution is 7.51. The zero-order valence-electron chi connectivity index (χ0n) is 25.4. The molecule has 4 rings (SSSR count). The predicted octanol–water partition coefficient (Wildman–Crippen LogP) is 2.25. The van der Waals surface area contributed by atoms with Crippen molar-refractivity contribution < 1.29 is 42.6 Å². The van der Waals surface area contributed by atoms with E-state index in [1.807, 2.05) is 11.8 Å². The van der Waals surface area contributed by atoms with Gasteiger partial charge < -0.3 is 39.3 Å². The summed E-state index contributed by atoms with van der Waals surface area (Å²) >= 11 is 0. The molecule has 2 aliphatic heterocycles. The van der Waals surface area contributed by atoms with Crippen molar-refractivity contribution in [3.8, 4) is 11.4 Å². The van der Waals surface area contributed by atoms with Crippen LogP contribution in [0.25, 0.3) is 11.4 Å². The van der Waals surface area contributed by atoms with Crippen LogP contribution in [0.15, 0.2) is 30.3 Å². The van der Waals surface area contributed by atoms with E-state index < -0.39 is 43.5 Å². The first kappa shape index (κ1) is 34.2. The Morgan fingerprint density at radius 2 is 1.84 bits per heavy atom. The molecule has 246 valence electrons. The van der Waals surface area contributed by atoms with Crippen LogP contribution in [0.1, 0.15) is 43.1 Å². The molecule has 3 amide bonds. The highest BCUT2D eigenvalue weighted by atomic mass is 31.2. The van der Waals surface area contributed by atoms with Crippen molar-refractivity contribution in [2.24, 2.45) is 0 Å². The Morgan fingerprint density at radius 1 is 1.11 bits per heavy atom. The normalized spacial score (nSPS) is 17.7. The van der Waals surface area contributed by atoms with E-state index in [0.29, 0.717) is 31.1 Å². The minimum Gasteiger partial charge on any atom is -0.449 e. The van der Waals surface area contributed by atoms with Crippen molar-refractivity contribution in [3.63, 3.8) is 0 Å². The van der Waals surface area contributed by atoms with Gasteiger partial charge in [-0.05, 0) is 31.4 Å². The molecule has 0 spiro atoms. The smallest absolute Gasteiger partial charge is 0.409 e. The number of hydrogen-bond donors (Lipinski definition) is 3. The highest BCUT2D eigenvalue weighted by Crippen LogP contribution is 2.35. The summed E-state index contributed by atoms with van der Waals surface area (Å²) < 4.78 is 36.5. The number of carbonyl (C=O) groups is 3. The molecule has 45 heavy (non-hydrogen) atoms. The third-order valence-electron chi connectivity index (χ3n) is 7.72. The van der Waals surface area contributed by atoms with Crippen LogP contribution >= 0.6 is 7.60 Å². The lowest BCUT2D eigenvalue weighted by Gasteiger charge is -2.36. The Kier molecular flexibility index (Phi) is 11.8. The third-order valence-corrected chi connectivity index (χ3v) is 8.56. The zero-order valence-corrected chi connectivity index (χ0v) is 26.3. The molecule has 0 unspecified atom stereocenters. The first-order valence-electron chi connectivity index (χ1n) is 15.0. The molecule has 1 aromatic carbocycles. The summed E-state index contributed by atoms with van der Waals surface area (Å²) in [6, 6.07) is 5.80. The topological polar surface area (TPSA) is 175 Å². The van der Waals surface area contributed by atoms with Crippen LogP contribution in [0, 0.1) is 5.82 Å². The van der Waals surface area contributed by atoms with E-state index in [0.717, 1.165) is 19.3 Å². The lowest BCUT2D eigenvalue weighted by atomic mass is 10.1. The molecule has 2 saturated heterocycles. The van der Waals surface area contributed by atoms with Crippen molar-refractivity contribution in [3.05, 3.63) is 41.8 Å². The number of ether oxygens (including phenoxy) is 2. The molecule has 2 fully saturated rings. The zero-order chi connectivity index (χ0) is 32.6. The minimum atomic E-state index is -4.51. The van der Waals surface area contributed by atoms with Gasteiger partial charge >= 0.3 is 13.7 Å². The second-order valence-corrected chi connectivity index (χ2v) is 12.8. The van der Waals surface area contributed by atoms with Gasteiger partial charge in [-0.1, -0.05) is 25.5 Å². The van der Waals surface area contributed by atoms with E-state index in [9.17, 15) is 33.1 Å². The van der Waals surface area contributed by atoms with Gasteiger partial charge in [0.25, 0.3) is 5.91 Å². The Labute approximate surface area is 261 Å². The van der Waals surface area contributed by atoms with Crippen LogP contribution in [0.3, 0.4) is 0 Å². The van der Waals surface area contributed by atoms with Gasteiger partial charge in [-0.3, -0.25) is 14.2 Å². The average Bonchev–Trinajstić information content (AvgIpc) is 3.52. The number of nitrogens with zero attached hydrogens (tertiary/aromatic N) is 5. The number of piperazine rings is 1. The molecular formula is C29H40FN6O8P. The lowest BCUT2D eigenvalue weighted by Crippen LogP contribution is -2.56. The van der Waals surface area contributed by atoms with Gasteiger partial charge in [0.2, 0.25) is 5.91 Å². The number of hydrogen-bond acceptors (Lipinski definition) is 9. The van der Waals surface area contributed by atoms with Crippen LogP contribution in [-0.4, -0.2) is 119 Å². The number of methoxy groups -OCH3 is 1. The monoisotopic (exact) mass is 650 g/mol. The molecule has 16 heteroatoms. The molecule has 3 heterocycles. The molecule has 2 aliphatic rings. The number of carbonyl (C=O) groups excluding carboxylic acids is 3. The summed E-state index contributed by atoms with van der Waals surface area (Å²) in [5.74, 6) is -1.31. The van der Waals surface area contributed by atoms with E-state index >= 15 is 0 Å². The Balaban J connectivity index is 1.54. The SMILES string of the molecule is CCCCOC(=O)N1CCN(C(=O)[C@H](CCP(=O)(O)O)NC(=O)c2cc(N3CC[C@H](OC)C3)nc(-c3cccc(F)c3)n2)CC1. The van der Waals surface area contributed by atoms with Gasteiger partial charge in [-0.25, -0.2) is 19.2 Å². The third kappa shape index (κ3) is 9.67. The van der Waals surface area contributed by atoms with Crippen LogP contribution in [0.5, 0.6) is 0 Å². The minimum absolute atomic E-state index is 0.0387. The highest BCUT2D eigenvalue weighted by Gasteiger charge is 2.33. The maximum absolute atomic E-state index is 14.1. The Hall–Kier alpha value is -3.65. The molecule has 14 nitrogen and oxygen atoms in total. The number of halogens is 1. The first-order valence-corrected chi connectivity index (χ1v) is 16.8. The van der Waals surface area contributed by atoms with Crippen molar-refractivity contribution in [2.75, 3.05) is 64.0 Å². The molecular weight excluding hydrogens is 610 g/mol. The summed E-state index contributed by atoms with van der Waals surface area (Å²) in [4.78, 5) is 72.3. The second-order valence-electron chi connectivity index (χ2n) is 11.0. The van der Waals surface area contributed by atoms with Crippen LogP contribution in [0.4, 0.5) is 15.0 Å². The maximum atomic E-state index is 14.1. The number of rotatable bonds is 12. The Morgan fingerprint density at radius 3 is 2.49 bits per heavy atom. The van der Waals surface area contributed by atoms with Crippen LogP contribution in [-0.2, 0) is 18.8 Å². The molecule has 0 saturated carbocycles. The molecule has 0 radical (unpaired) electrons. The number of anilines is 1. The van der Waals surface area contributed by atoms with E-state index in [1.54, 1.807) is 13.2 Å². The summed E-state index contributed by atoms with van der Waals surface area (Å²) in [6.45, 7) is 4.13. The summed E-state index contributed by atoms with van der Waals surface area (Å²) in [6.07, 6.45) is 0.891. The van der Waals surface area contributed by atoms with Gasteiger partial charge in [-0.2, -0.15) is 0 Å². The molecule has 0 aliphatic carbocycles. The van der Waals surface area contributed by atoms with Gasteiger partial charge in [0, 0.05) is 58.0 Å². The standard InChI is InChI=1S/C29H40FN6O8P/c1-3-4-15-44-29(39)35-13-11-34(12-14-35)28(38)23(9-16-45(40,41)42)32-27(37)24-18-25(36-10-8-22(19-36)43-2)33-26(31-24)20-6-5-7-21(30)17-20/h5-7,17-18,22-23H,3-4,8-16,19H2,1-2H3,(H,32,37)(H2,40,41,42)/t22-,23-/m0/s1. The van der Waals surface area contributed by atoms with Gasteiger partial charge in [0.15, 0.2) is 5.82 Å². The van der Waals surface area contributed by atoms with E-state index in [1.165, 1.54) is 34.1 Å². The van der Waals surface area contributed by atoms with Gasteiger partial charge in [-0.15, -0.1) is 0 Å². The number of unbranched alkanes of at least 4 members (excludes halogenated alkanes) is 1. The second kappa shape index (κ2) is 15.6. The molecule has 3 N–H and O–H groups in total. The van der Waals surface area contributed by atoms with Crippen molar-refractivity contribution in [1.82, 2.24) is 25.1 Å². The van der Waals surface area contributed by atoms with Gasteiger partial charge in [0.05, 0.1) is 18.9 Å². The largest absolute Gasteiger partial charge is 0.449 e. The summed E-state index contributed by atoms with van der Waals surface area (Å²) in [5.41, 5.74) is 0.238. The fourth-order valence-corrected chi connectivity index (χ4v) is 5.70. The predicted molar refractivity (Wildman–Crippen MR) is 162 cm³/mol. The number of benzene rings is 1. The fourth-order valence-electron chi connectivity index (χ4n) is 5.11. The summed E-state index contributed by atoms with van der Waals surface area (Å²) in [5, 5.41) is 2.61. The molecule has 2 aromatic rings. The number of nitrogens with one attached hydrogen (secondary N) is 1. The van der Waals surface area contributed by atoms with Crippen LogP contribution < -0.4 is 10.2 Å². The average molecular weight is 651 g/mol. The lowest BCUT2D eigenvalue weighted by molar-refractivity contribution is -0.134. The quantitative estimate of drug-likeness (QED) is 0.227. The van der Waals surface area contributed by atoms with Crippen molar-refractivity contribution in [1.29, 1.82) is 0 Å². The summed E-state index contributed by atoms with van der Waals surface area (Å²) in [7, 11) is -2.90. The molecule has 0 bridgehead atoms. The van der Waals surface area contributed by atoms with E-state index in [2.05, 4.69) is 15.3 Å². The first-order chi connectivity index (χ1) is 21.5. The fraction of sp³-hybridized carbons (Fsp3) is 0.552. The van der Waals surface area contributed by atoms with Crippen LogP contribution in [0.2, 0.25) is 0 Å². The van der Waals surface area contributed by atoms with E-state index in [-0.39, 0.29) is 50.2 Å². The molecule has 1 aromatic heterocycles. The maximum Gasteiger partial charge on any atom is 0.409 e. The van der Waals surface area contributed by atoms with Crippen molar-refractivity contribution in [2.45, 2.75) is 44.8 Å². The molecule has 2 atom stereocenters. The van der Waals surface area contributed by atoms with E-state index in [4.69, 9.17) is 9.47 Å². The van der Waals surface area contributed by atoms with Gasteiger partial charge in [0.1, 0.15) is 23.4 Å². The van der Waals surface area contributed by atoms with Crippen molar-refractivity contribution >= 4 is 31.3 Å².